The van der Waals surface area contributed by atoms with Crippen LogP contribution in [0.5, 0.6) is 0 Å². The molecule has 5 aliphatic heterocycles. The van der Waals surface area contributed by atoms with E-state index >= 15 is 0 Å². The normalized spacial score (nSPS) is 12.7. The third-order valence-corrected chi connectivity index (χ3v) is 22.5. The van der Waals surface area contributed by atoms with Crippen molar-refractivity contribution in [3.63, 3.8) is 0 Å². The number of anilines is 20. The molecule has 22 rings (SSSR count). The predicted octanol–water partition coefficient (Wildman–Crippen LogP) is 27.6. The van der Waals surface area contributed by atoms with Gasteiger partial charge in [0.15, 0.2) is 0 Å². The second-order valence-electron chi connectivity index (χ2n) is 31.9. The third kappa shape index (κ3) is 21.1. The van der Waals surface area contributed by atoms with E-state index in [4.69, 9.17) is 6.57 Å². The molecule has 0 bridgehead atoms. The van der Waals surface area contributed by atoms with Gasteiger partial charge in [0, 0.05) is 189 Å². The SMILES string of the molecule is Cc1ccccc1-c1ccc2c(c1)N(c1[c-]cccc1)[CH-]N2c1ccccc1C.Cc1ccccc1N1[CH-]N(c2[c-]cccc2)c2ncccc21.Cc1ccccc1N1[CH-]N(c2[c-]cccc2)c2nccnc21.[C-]#[N+]c1cnc2c(c1)N(c1ccccc1C)[CH-]N2c1[c-]cc(C(C)(C)C)cc1.[Ir].[Ir].[Ir].[Ir].[Ir].[c-]1ccccc1N1[CH-]N(c2ccccc2-c2ccccc2)c2nccnc21. The van der Waals surface area contributed by atoms with E-state index in [0.717, 1.165) is 120 Å². The number of aryl methyl sites for hydroxylation is 5. The van der Waals surface area contributed by atoms with E-state index in [1.54, 1.807) is 31.0 Å². The Kier molecular flexibility index (Phi) is 32.7. The number of hydrogen-bond acceptors (Lipinski definition) is 16. The largest absolute Gasteiger partial charge is 0.493 e. The molecule has 13 aromatic carbocycles. The molecule has 0 unspecified atom stereocenters. The van der Waals surface area contributed by atoms with Crippen LogP contribution in [0.1, 0.15) is 54.2 Å². The van der Waals surface area contributed by atoms with Crippen molar-refractivity contribution < 1.29 is 101 Å². The zero-order valence-corrected chi connectivity index (χ0v) is 85.8. The van der Waals surface area contributed by atoms with Crippen molar-refractivity contribution in [2.75, 3.05) is 49.0 Å². The maximum absolute atomic E-state index is 7.35. The van der Waals surface area contributed by atoms with Gasteiger partial charge in [-0.05, 0) is 140 Å². The predicted molar refractivity (Wildman–Crippen MR) is 520 cm³/mol. The number of rotatable bonds is 12. The molecule has 0 atom stereocenters. The minimum absolute atomic E-state index is 0. The first-order valence-electron chi connectivity index (χ1n) is 42.3. The maximum Gasteiger partial charge on any atom is 0.207 e. The monoisotopic (exact) mass is 2620 g/mol. The Bertz CT molecular complexity index is 6660. The Labute approximate surface area is 848 Å². The fourth-order valence-corrected chi connectivity index (χ4v) is 16.0. The van der Waals surface area contributed by atoms with Crippen LogP contribution in [0.25, 0.3) is 27.1 Å². The van der Waals surface area contributed by atoms with Crippen molar-refractivity contribution in [3.05, 3.63) is 473 Å². The molecule has 5 radical (unpaired) electrons. The van der Waals surface area contributed by atoms with Gasteiger partial charge < -0.3 is 49.0 Å². The van der Waals surface area contributed by atoms with Gasteiger partial charge in [0.25, 0.3) is 0 Å². The van der Waals surface area contributed by atoms with Crippen LogP contribution >= 0.6 is 0 Å². The summed E-state index contributed by atoms with van der Waals surface area (Å²) in [5.74, 6) is 4.96. The molecule has 5 aliphatic rings. The van der Waals surface area contributed by atoms with Crippen LogP contribution in [0.3, 0.4) is 0 Å². The van der Waals surface area contributed by atoms with E-state index in [0.29, 0.717) is 5.69 Å². The van der Waals surface area contributed by atoms with Gasteiger partial charge in [0.1, 0.15) is 34.9 Å². The average molecular weight is 2620 g/mol. The Morgan fingerprint density at radius 3 is 1.08 bits per heavy atom. The fraction of sp³-hybridized carbons (Fsp3) is 0.0811. The number of benzene rings is 13. The summed E-state index contributed by atoms with van der Waals surface area (Å²) in [6, 6.07) is 128. The van der Waals surface area contributed by atoms with Crippen LogP contribution in [0.15, 0.2) is 365 Å². The minimum Gasteiger partial charge on any atom is -0.493 e. The molecule has 0 fully saturated rings. The third-order valence-electron chi connectivity index (χ3n) is 22.5. The summed E-state index contributed by atoms with van der Waals surface area (Å²) in [4.78, 5) is 51.9. The van der Waals surface area contributed by atoms with Gasteiger partial charge in [-0.2, -0.15) is 145 Å². The standard InChI is InChI=1S/C27H22N2.C24H22N4.C23H16N4.C19H15N3.C18H14N4.5Ir/c1-20-10-6-8-14-24(20)22-16-17-26-27(18-22)28(23-12-4-3-5-13-23)19-29(26)25-15-9-7-11-21(25)2;1-17-8-6-7-9-21(17)28-16-27(23-22(28)14-19(25-5)15-26-23)20-12-10-18(11-13-20)24(2,3)4;1-3-9-18(10-4-1)20-13-7-8-14-21(20)27-17-26(19-11-5-2-6-12-19)22-23(27)25-16-15-24-22;1-15-8-5-6-11-17(15)22-14-21(16-9-3-2-4-10-16)19-18(22)12-7-13-20-19;1-14-7-5-6-10-16(14)22-13-21(15-8-3-2-4-9-15)17-18(22)20-12-11-19-17;;;;;/h3-12,14-19H,1-2H3;6-12,14-16H,1-4H3;1-11,13-17H;2-9,11-14H,1H3;2-8,10-13H,1H3;;;;;/q5*-2;;;;;. The minimum atomic E-state index is 0. The average Bonchev–Trinajstić information content (AvgIpc) is 1.59. The molecule has 4 aromatic heterocycles. The Morgan fingerprint density at radius 1 is 0.263 bits per heavy atom. The molecule has 673 valence electrons. The van der Waals surface area contributed by atoms with Gasteiger partial charge in [-0.3, -0.25) is 4.98 Å². The Balaban J connectivity index is 0.000000140. The topological polar surface area (TPSA) is 114 Å². The van der Waals surface area contributed by atoms with E-state index < -0.39 is 0 Å². The van der Waals surface area contributed by atoms with Crippen LogP contribution in [0, 0.1) is 105 Å². The van der Waals surface area contributed by atoms with Gasteiger partial charge in [-0.15, -0.1) is 67.8 Å². The quantitative estimate of drug-likeness (QED) is 0.108. The molecule has 133 heavy (non-hydrogen) atoms. The molecule has 0 N–H and O–H groups in total. The van der Waals surface area contributed by atoms with Crippen molar-refractivity contribution in [2.45, 2.75) is 60.8 Å². The van der Waals surface area contributed by atoms with Crippen LogP contribution in [-0.4, -0.2) is 29.9 Å². The molecule has 0 aliphatic carbocycles. The first kappa shape index (κ1) is 97.6. The van der Waals surface area contributed by atoms with Crippen molar-refractivity contribution in [1.29, 1.82) is 0 Å². The molecule has 22 heteroatoms. The molecule has 0 spiro atoms. The van der Waals surface area contributed by atoms with E-state index in [-0.39, 0.29) is 106 Å². The molecule has 0 saturated carbocycles. The first-order chi connectivity index (χ1) is 62.7. The zero-order chi connectivity index (χ0) is 87.6. The molecule has 0 amide bonds. The number of fused-ring (bicyclic) bond motifs is 5. The molecular formula is C111H89Ir5N17-10. The molecule has 17 aromatic rings. The van der Waals surface area contributed by atoms with Crippen molar-refractivity contribution in [2.24, 2.45) is 0 Å². The first-order valence-corrected chi connectivity index (χ1v) is 42.3. The maximum atomic E-state index is 7.35. The summed E-state index contributed by atoms with van der Waals surface area (Å²) in [6.45, 7) is 34.9. The number of aromatic nitrogens is 6. The number of hydrogen-bond donors (Lipinski definition) is 0. The van der Waals surface area contributed by atoms with Crippen LogP contribution in [0.2, 0.25) is 0 Å². The number of nitrogens with zero attached hydrogens (tertiary/aromatic N) is 17. The van der Waals surface area contributed by atoms with E-state index in [9.17, 15) is 0 Å². The van der Waals surface area contributed by atoms with Gasteiger partial charge in [0.2, 0.25) is 5.69 Å². The fourth-order valence-electron chi connectivity index (χ4n) is 16.0. The van der Waals surface area contributed by atoms with Gasteiger partial charge in [0.05, 0.1) is 12.3 Å². The van der Waals surface area contributed by atoms with Crippen molar-refractivity contribution >= 4 is 120 Å². The molecule has 17 nitrogen and oxygen atoms in total. The van der Waals surface area contributed by atoms with Crippen LogP contribution in [0.4, 0.5) is 120 Å². The summed E-state index contributed by atoms with van der Waals surface area (Å²) in [5.41, 5.74) is 27.5. The van der Waals surface area contributed by atoms with Crippen LogP contribution in [-0.2, 0) is 106 Å². The number of para-hydroxylation sites is 9. The molecule has 0 saturated heterocycles. The Hall–Kier alpha value is -12.9. The van der Waals surface area contributed by atoms with Crippen molar-refractivity contribution in [3.8, 4) is 22.3 Å². The molecule has 9 heterocycles. The Morgan fingerprint density at radius 2 is 0.624 bits per heavy atom. The van der Waals surface area contributed by atoms with E-state index in [1.807, 2.05) is 180 Å². The summed E-state index contributed by atoms with van der Waals surface area (Å²) >= 11 is 0. The number of pyridine rings is 2. The zero-order valence-electron chi connectivity index (χ0n) is 73.8. The second kappa shape index (κ2) is 44.5. The smallest absolute Gasteiger partial charge is 0.207 e. The van der Waals surface area contributed by atoms with Gasteiger partial charge >= 0.3 is 0 Å². The summed E-state index contributed by atoms with van der Waals surface area (Å²) in [7, 11) is 0. The van der Waals surface area contributed by atoms with E-state index in [1.165, 1.54) is 50.3 Å². The van der Waals surface area contributed by atoms with Gasteiger partial charge in [-0.25, -0.2) is 29.8 Å². The summed E-state index contributed by atoms with van der Waals surface area (Å²) < 4.78 is 0. The van der Waals surface area contributed by atoms with E-state index in [2.05, 4.69) is 356 Å². The second-order valence-corrected chi connectivity index (χ2v) is 31.9. The van der Waals surface area contributed by atoms with Crippen LogP contribution < -0.4 is 49.0 Å². The molecular weight excluding hydrogens is 2530 g/mol. The summed E-state index contributed by atoms with van der Waals surface area (Å²) in [5, 5.41) is 0. The van der Waals surface area contributed by atoms with Crippen molar-refractivity contribution in [1.82, 2.24) is 29.9 Å². The summed E-state index contributed by atoms with van der Waals surface area (Å²) in [6.07, 6.45) is 10.3. The van der Waals surface area contributed by atoms with Gasteiger partial charge in [-0.1, -0.05) is 178 Å².